The second-order valence-electron chi connectivity index (χ2n) is 5.81. The fourth-order valence-electron chi connectivity index (χ4n) is 2.76. The van der Waals surface area contributed by atoms with Gasteiger partial charge in [0.25, 0.3) is 0 Å². The van der Waals surface area contributed by atoms with E-state index >= 15 is 0 Å². The predicted octanol–water partition coefficient (Wildman–Crippen LogP) is -0.920. The molecular weight excluding hydrogens is 352 g/mol. The Kier molecular flexibility index (Phi) is 6.14. The first-order valence-corrected chi connectivity index (χ1v) is 7.92. The van der Waals surface area contributed by atoms with Crippen molar-refractivity contribution in [3.63, 3.8) is 0 Å². The lowest BCUT2D eigenvalue weighted by atomic mass is 10.1. The lowest BCUT2D eigenvalue weighted by Gasteiger charge is -2.34. The number of nitrogens with zero attached hydrogens (tertiary/aromatic N) is 1. The van der Waals surface area contributed by atoms with Crippen molar-refractivity contribution in [2.24, 2.45) is 0 Å². The molecule has 4 atom stereocenters. The van der Waals surface area contributed by atoms with Gasteiger partial charge in [0, 0.05) is 33.7 Å². The summed E-state index contributed by atoms with van der Waals surface area (Å²) in [5.74, 6) is -2.37. The van der Waals surface area contributed by atoms with Crippen LogP contribution in [-0.2, 0) is 38.1 Å². The number of nitrogens with one attached hydrogen (secondary N) is 1. The van der Waals surface area contributed by atoms with Crippen LogP contribution in [0.1, 0.15) is 27.2 Å². The van der Waals surface area contributed by atoms with E-state index in [0.29, 0.717) is 0 Å². The first-order chi connectivity index (χ1) is 12.2. The van der Waals surface area contributed by atoms with Crippen LogP contribution in [-0.4, -0.2) is 72.4 Å². The normalized spacial score (nSPS) is 28.3. The number of hydrogen-bond donors (Lipinski definition) is 1. The summed E-state index contributed by atoms with van der Waals surface area (Å²) in [6, 6.07) is -0.724. The highest BCUT2D eigenvalue weighted by atomic mass is 16.7. The molecule has 0 aromatic carbocycles. The molecule has 0 radical (unpaired) electrons. The number of ether oxygens (including phenoxy) is 4. The zero-order chi connectivity index (χ0) is 19.4. The van der Waals surface area contributed by atoms with E-state index in [1.807, 2.05) is 0 Å². The van der Waals surface area contributed by atoms with Crippen molar-refractivity contribution in [2.75, 3.05) is 13.2 Å². The van der Waals surface area contributed by atoms with Gasteiger partial charge in [0.05, 0.1) is 0 Å². The summed E-state index contributed by atoms with van der Waals surface area (Å²) in [6.45, 7) is 3.27. The topological polar surface area (TPSA) is 138 Å². The fourth-order valence-corrected chi connectivity index (χ4v) is 2.76. The molecule has 2 heterocycles. The molecule has 26 heavy (non-hydrogen) atoms. The van der Waals surface area contributed by atoms with Crippen LogP contribution in [0.25, 0.3) is 0 Å². The molecule has 0 spiro atoms. The Morgan fingerprint density at radius 1 is 1.08 bits per heavy atom. The van der Waals surface area contributed by atoms with E-state index in [1.165, 1.54) is 11.8 Å². The van der Waals surface area contributed by atoms with Crippen LogP contribution in [0.4, 0.5) is 4.79 Å². The summed E-state index contributed by atoms with van der Waals surface area (Å²) in [5, 5.41) is 2.14. The van der Waals surface area contributed by atoms with Crippen molar-refractivity contribution < 1.29 is 42.9 Å². The Bertz CT molecular complexity index is 620. The van der Waals surface area contributed by atoms with Gasteiger partial charge in [-0.25, -0.2) is 4.79 Å². The first-order valence-electron chi connectivity index (χ1n) is 7.92. The van der Waals surface area contributed by atoms with Gasteiger partial charge in [0.2, 0.25) is 5.91 Å². The summed E-state index contributed by atoms with van der Waals surface area (Å²) < 4.78 is 21.0. The van der Waals surface area contributed by atoms with E-state index in [2.05, 4.69) is 5.32 Å². The minimum atomic E-state index is -1.14. The highest BCUT2D eigenvalue weighted by Crippen LogP contribution is 2.30. The molecule has 0 aromatic rings. The third-order valence-corrected chi connectivity index (χ3v) is 3.73. The van der Waals surface area contributed by atoms with E-state index in [1.54, 1.807) is 0 Å². The van der Waals surface area contributed by atoms with Crippen molar-refractivity contribution in [1.82, 2.24) is 10.2 Å². The van der Waals surface area contributed by atoms with Gasteiger partial charge in [-0.1, -0.05) is 0 Å². The minimum Gasteiger partial charge on any atom is -0.463 e. The summed E-state index contributed by atoms with van der Waals surface area (Å²) in [5.41, 5.74) is 0. The summed E-state index contributed by atoms with van der Waals surface area (Å²) in [6.07, 6.45) is -4.27. The van der Waals surface area contributed by atoms with E-state index in [-0.39, 0.29) is 19.6 Å². The number of imide groups is 1. The van der Waals surface area contributed by atoms with Crippen LogP contribution in [0.15, 0.2) is 0 Å². The van der Waals surface area contributed by atoms with E-state index in [9.17, 15) is 24.0 Å². The maximum atomic E-state index is 12.1. The predicted molar refractivity (Wildman–Crippen MR) is 81.3 cm³/mol. The molecule has 0 unspecified atom stereocenters. The van der Waals surface area contributed by atoms with Crippen molar-refractivity contribution in [1.29, 1.82) is 0 Å². The van der Waals surface area contributed by atoms with Crippen LogP contribution >= 0.6 is 0 Å². The molecule has 2 fully saturated rings. The number of esters is 3. The average Bonchev–Trinajstić information content (AvgIpc) is 2.82. The Hall–Kier alpha value is -2.69. The van der Waals surface area contributed by atoms with E-state index in [0.717, 1.165) is 13.8 Å². The molecule has 11 heteroatoms. The largest absolute Gasteiger partial charge is 0.463 e. The van der Waals surface area contributed by atoms with Gasteiger partial charge in [0.15, 0.2) is 18.4 Å². The Morgan fingerprint density at radius 3 is 2.23 bits per heavy atom. The van der Waals surface area contributed by atoms with Crippen molar-refractivity contribution in [3.8, 4) is 0 Å². The third kappa shape index (κ3) is 4.69. The highest BCUT2D eigenvalue weighted by molar-refractivity contribution is 5.96. The minimum absolute atomic E-state index is 0.0280. The summed E-state index contributed by atoms with van der Waals surface area (Å²) >= 11 is 0. The second kappa shape index (κ2) is 8.13. The third-order valence-electron chi connectivity index (χ3n) is 3.73. The molecule has 2 rings (SSSR count). The molecule has 11 nitrogen and oxygen atoms in total. The van der Waals surface area contributed by atoms with Crippen molar-refractivity contribution in [3.05, 3.63) is 0 Å². The van der Waals surface area contributed by atoms with E-state index in [4.69, 9.17) is 18.9 Å². The summed E-state index contributed by atoms with van der Waals surface area (Å²) in [7, 11) is 0. The Labute approximate surface area is 148 Å². The quantitative estimate of drug-likeness (QED) is 0.479. The van der Waals surface area contributed by atoms with Gasteiger partial charge in [0.1, 0.15) is 12.7 Å². The van der Waals surface area contributed by atoms with Crippen LogP contribution < -0.4 is 5.32 Å². The molecular formula is C15H20N2O9. The molecule has 0 aromatic heterocycles. The molecule has 1 N–H and O–H groups in total. The van der Waals surface area contributed by atoms with Gasteiger partial charge in [-0.15, -0.1) is 0 Å². The zero-order valence-corrected chi connectivity index (χ0v) is 14.6. The van der Waals surface area contributed by atoms with Crippen LogP contribution in [0.3, 0.4) is 0 Å². The SMILES string of the molecule is CC(=O)OC[C@@H]1O[C@@H](N2CCC(=O)NC2=O)[C@H](OC(C)=O)[C@H]1OC(C)=O. The Balaban J connectivity index is 2.27. The number of amides is 3. The molecule has 0 saturated carbocycles. The lowest BCUT2D eigenvalue weighted by molar-refractivity contribution is -0.167. The fraction of sp³-hybridized carbons (Fsp3) is 0.667. The maximum Gasteiger partial charge on any atom is 0.326 e. The molecule has 2 aliphatic heterocycles. The van der Waals surface area contributed by atoms with Crippen molar-refractivity contribution in [2.45, 2.75) is 51.7 Å². The first kappa shape index (κ1) is 19.6. The molecule has 2 saturated heterocycles. The van der Waals surface area contributed by atoms with E-state index < -0.39 is 54.4 Å². The lowest BCUT2D eigenvalue weighted by Crippen LogP contribution is -2.57. The smallest absolute Gasteiger partial charge is 0.326 e. The van der Waals surface area contributed by atoms with Gasteiger partial charge in [-0.3, -0.25) is 29.4 Å². The number of rotatable bonds is 5. The number of hydrogen-bond acceptors (Lipinski definition) is 9. The number of carbonyl (C=O) groups excluding carboxylic acids is 5. The maximum absolute atomic E-state index is 12.1. The van der Waals surface area contributed by atoms with Crippen LogP contribution in [0.2, 0.25) is 0 Å². The average molecular weight is 372 g/mol. The monoisotopic (exact) mass is 372 g/mol. The Morgan fingerprint density at radius 2 is 1.69 bits per heavy atom. The van der Waals surface area contributed by atoms with Gasteiger partial charge in [-0.05, 0) is 0 Å². The molecule has 3 amide bonds. The number of urea groups is 1. The van der Waals surface area contributed by atoms with Crippen molar-refractivity contribution >= 4 is 29.8 Å². The summed E-state index contributed by atoms with van der Waals surface area (Å²) in [4.78, 5) is 58.6. The second-order valence-corrected chi connectivity index (χ2v) is 5.81. The molecule has 2 aliphatic rings. The molecule has 0 bridgehead atoms. The highest BCUT2D eigenvalue weighted by Gasteiger charge is 2.53. The molecule has 0 aliphatic carbocycles. The van der Waals surface area contributed by atoms with Gasteiger partial charge in [-0.2, -0.15) is 0 Å². The number of carbonyl (C=O) groups is 5. The standard InChI is InChI=1S/C15H20N2O9/c1-7(18)23-6-10-12(24-8(2)19)13(25-9(3)20)14(26-10)17-5-4-11(21)16-15(17)22/h10,12-14H,4-6H2,1-3H3,(H,16,21,22)/t10-,12-,13+,14+/m0/s1. The van der Waals surface area contributed by atoms with Gasteiger partial charge >= 0.3 is 23.9 Å². The van der Waals surface area contributed by atoms with Crippen LogP contribution in [0, 0.1) is 0 Å². The molecule has 144 valence electrons. The zero-order valence-electron chi connectivity index (χ0n) is 14.6. The van der Waals surface area contributed by atoms with Gasteiger partial charge < -0.3 is 18.9 Å². The van der Waals surface area contributed by atoms with Crippen LogP contribution in [0.5, 0.6) is 0 Å².